The summed E-state index contributed by atoms with van der Waals surface area (Å²) < 4.78 is 17.6. The molecule has 2 aromatic heterocycles. The maximum absolute atomic E-state index is 15.5. The molecule has 2 heterocycles. The molecule has 0 aliphatic heterocycles. The van der Waals surface area contributed by atoms with E-state index in [1.54, 1.807) is 12.1 Å². The Morgan fingerprint density at radius 2 is 1.09 bits per heavy atom. The standard InChI is InChI=1S/C40H24FN5/c41-34-17-9-7-15-30(34)32-21-20-29(24-37(32)46-35-18-10-8-16-31(35)33-23-26(25-42)19-22-36(33)46)40-44-38(27-11-3-1-4-12-27)43-39(45-40)28-13-5-2-6-14-28/h1-24H. The fraction of sp³-hybridized carbons (Fsp3) is 0. The fourth-order valence-corrected chi connectivity index (χ4v) is 6.00. The largest absolute Gasteiger partial charge is 0.309 e. The molecule has 0 fully saturated rings. The highest BCUT2D eigenvalue weighted by atomic mass is 19.1. The van der Waals surface area contributed by atoms with E-state index < -0.39 is 0 Å². The summed E-state index contributed by atoms with van der Waals surface area (Å²) in [6, 6.07) is 48.4. The molecule has 0 aliphatic carbocycles. The van der Waals surface area contributed by atoms with E-state index in [0.29, 0.717) is 28.6 Å². The average Bonchev–Trinajstić information content (AvgIpc) is 3.45. The van der Waals surface area contributed by atoms with Gasteiger partial charge in [-0.25, -0.2) is 19.3 Å². The highest BCUT2D eigenvalue weighted by molar-refractivity contribution is 6.10. The van der Waals surface area contributed by atoms with E-state index >= 15 is 4.39 Å². The lowest BCUT2D eigenvalue weighted by atomic mass is 10.00. The third kappa shape index (κ3) is 4.68. The van der Waals surface area contributed by atoms with E-state index in [4.69, 9.17) is 15.0 Å². The molecule has 0 aliphatic rings. The van der Waals surface area contributed by atoms with Crippen molar-refractivity contribution in [3.05, 3.63) is 157 Å². The summed E-state index contributed by atoms with van der Waals surface area (Å²) >= 11 is 0. The van der Waals surface area contributed by atoms with Crippen molar-refractivity contribution in [2.75, 3.05) is 0 Å². The van der Waals surface area contributed by atoms with Crippen LogP contribution >= 0.6 is 0 Å². The Bertz CT molecular complexity index is 2390. The predicted octanol–water partition coefficient (Wildman–Crippen LogP) is 9.65. The molecular weight excluding hydrogens is 569 g/mol. The van der Waals surface area contributed by atoms with Crippen LogP contribution in [0.2, 0.25) is 0 Å². The number of aromatic nitrogens is 4. The molecule has 46 heavy (non-hydrogen) atoms. The van der Waals surface area contributed by atoms with Crippen LogP contribution in [0, 0.1) is 17.1 Å². The van der Waals surface area contributed by atoms with Crippen LogP contribution in [-0.2, 0) is 0 Å². The minimum absolute atomic E-state index is 0.318. The van der Waals surface area contributed by atoms with E-state index in [1.165, 1.54) is 6.07 Å². The van der Waals surface area contributed by atoms with Crippen LogP contribution in [0.3, 0.4) is 0 Å². The summed E-state index contributed by atoms with van der Waals surface area (Å²) in [5.74, 6) is 1.30. The van der Waals surface area contributed by atoms with Gasteiger partial charge < -0.3 is 4.57 Å². The van der Waals surface area contributed by atoms with Gasteiger partial charge in [-0.05, 0) is 36.4 Å². The number of hydrogen-bond donors (Lipinski definition) is 0. The zero-order valence-corrected chi connectivity index (χ0v) is 24.5. The first-order valence-corrected chi connectivity index (χ1v) is 14.9. The number of fused-ring (bicyclic) bond motifs is 3. The molecular formula is C40H24FN5. The van der Waals surface area contributed by atoms with Crippen molar-refractivity contribution in [1.82, 2.24) is 19.5 Å². The maximum atomic E-state index is 15.5. The van der Waals surface area contributed by atoms with E-state index in [0.717, 1.165) is 49.7 Å². The Morgan fingerprint density at radius 1 is 0.500 bits per heavy atom. The van der Waals surface area contributed by atoms with Gasteiger partial charge >= 0.3 is 0 Å². The highest BCUT2D eigenvalue weighted by Gasteiger charge is 2.20. The van der Waals surface area contributed by atoms with Crippen molar-refractivity contribution in [2.45, 2.75) is 0 Å². The Labute approximate surface area is 264 Å². The van der Waals surface area contributed by atoms with Crippen LogP contribution in [0.15, 0.2) is 146 Å². The lowest BCUT2D eigenvalue weighted by Gasteiger charge is -2.16. The van der Waals surface area contributed by atoms with Crippen LogP contribution in [0.4, 0.5) is 4.39 Å². The SMILES string of the molecule is N#Cc1ccc2c(c1)c1ccccc1n2-c1cc(-c2nc(-c3ccccc3)nc(-c3ccccc3)n2)ccc1-c1ccccc1F. The highest BCUT2D eigenvalue weighted by Crippen LogP contribution is 2.39. The van der Waals surface area contributed by atoms with Crippen LogP contribution < -0.4 is 0 Å². The van der Waals surface area contributed by atoms with Gasteiger partial charge in [-0.1, -0.05) is 109 Å². The van der Waals surface area contributed by atoms with Crippen molar-refractivity contribution < 1.29 is 4.39 Å². The number of nitrogens with zero attached hydrogens (tertiary/aromatic N) is 5. The minimum atomic E-state index is -0.318. The molecule has 8 rings (SSSR count). The first-order chi connectivity index (χ1) is 22.7. The van der Waals surface area contributed by atoms with Crippen molar-refractivity contribution in [3.63, 3.8) is 0 Å². The van der Waals surface area contributed by atoms with Crippen LogP contribution in [0.25, 0.3) is 72.8 Å². The molecule has 0 amide bonds. The van der Waals surface area contributed by atoms with E-state index in [9.17, 15) is 5.26 Å². The molecule has 216 valence electrons. The monoisotopic (exact) mass is 593 g/mol. The number of benzene rings is 6. The van der Waals surface area contributed by atoms with Crippen molar-refractivity contribution >= 4 is 21.8 Å². The summed E-state index contributed by atoms with van der Waals surface area (Å²) in [5.41, 5.74) is 6.89. The van der Waals surface area contributed by atoms with Crippen LogP contribution in [0.1, 0.15) is 5.56 Å². The van der Waals surface area contributed by atoms with Gasteiger partial charge in [-0.2, -0.15) is 5.26 Å². The summed E-state index contributed by atoms with van der Waals surface area (Å²) in [6.45, 7) is 0. The molecule has 5 nitrogen and oxygen atoms in total. The fourth-order valence-electron chi connectivity index (χ4n) is 6.00. The summed E-state index contributed by atoms with van der Waals surface area (Å²) in [5, 5.41) is 11.6. The molecule has 0 unspecified atom stereocenters. The number of rotatable bonds is 5. The number of nitriles is 1. The minimum Gasteiger partial charge on any atom is -0.309 e. The number of halogens is 1. The van der Waals surface area contributed by atoms with Gasteiger partial charge in [0.05, 0.1) is 28.4 Å². The predicted molar refractivity (Wildman–Crippen MR) is 181 cm³/mol. The molecule has 0 saturated carbocycles. The summed E-state index contributed by atoms with van der Waals surface area (Å²) in [7, 11) is 0. The molecule has 6 heteroatoms. The zero-order valence-electron chi connectivity index (χ0n) is 24.5. The summed E-state index contributed by atoms with van der Waals surface area (Å²) in [6.07, 6.45) is 0. The Morgan fingerprint density at radius 3 is 1.76 bits per heavy atom. The van der Waals surface area contributed by atoms with E-state index in [1.807, 2.05) is 127 Å². The van der Waals surface area contributed by atoms with E-state index in [2.05, 4.69) is 10.6 Å². The van der Waals surface area contributed by atoms with Crippen molar-refractivity contribution in [1.29, 1.82) is 5.26 Å². The Balaban J connectivity index is 1.43. The van der Waals surface area contributed by atoms with Gasteiger partial charge in [0.25, 0.3) is 0 Å². The third-order valence-electron chi connectivity index (χ3n) is 8.16. The van der Waals surface area contributed by atoms with Crippen LogP contribution in [0.5, 0.6) is 0 Å². The molecule has 0 bridgehead atoms. The van der Waals surface area contributed by atoms with Gasteiger partial charge in [-0.3, -0.25) is 0 Å². The van der Waals surface area contributed by atoms with Gasteiger partial charge in [0.1, 0.15) is 5.82 Å². The van der Waals surface area contributed by atoms with Crippen molar-refractivity contribution in [3.8, 4) is 57.0 Å². The topological polar surface area (TPSA) is 67.4 Å². The molecule has 8 aromatic rings. The normalized spacial score (nSPS) is 11.1. The Kier molecular flexibility index (Phi) is 6.63. The second-order valence-electron chi connectivity index (χ2n) is 10.9. The van der Waals surface area contributed by atoms with Gasteiger partial charge in [0.15, 0.2) is 17.5 Å². The maximum Gasteiger partial charge on any atom is 0.164 e. The van der Waals surface area contributed by atoms with Gasteiger partial charge in [0, 0.05) is 38.6 Å². The molecule has 0 atom stereocenters. The smallest absolute Gasteiger partial charge is 0.164 e. The van der Waals surface area contributed by atoms with Gasteiger partial charge in [0.2, 0.25) is 0 Å². The summed E-state index contributed by atoms with van der Waals surface area (Å²) in [4.78, 5) is 14.7. The number of hydrogen-bond acceptors (Lipinski definition) is 4. The van der Waals surface area contributed by atoms with E-state index in [-0.39, 0.29) is 5.82 Å². The lowest BCUT2D eigenvalue weighted by Crippen LogP contribution is -2.02. The second-order valence-corrected chi connectivity index (χ2v) is 10.9. The lowest BCUT2D eigenvalue weighted by molar-refractivity contribution is 0.631. The quantitative estimate of drug-likeness (QED) is 0.199. The van der Waals surface area contributed by atoms with Gasteiger partial charge in [-0.15, -0.1) is 0 Å². The second kappa shape index (κ2) is 11.2. The first kappa shape index (κ1) is 27.1. The average molecular weight is 594 g/mol. The molecule has 0 N–H and O–H groups in total. The molecule has 0 spiro atoms. The Hall–Kier alpha value is -6.45. The molecule has 0 radical (unpaired) electrons. The zero-order chi connectivity index (χ0) is 31.0. The molecule has 0 saturated heterocycles. The van der Waals surface area contributed by atoms with Crippen molar-refractivity contribution in [2.24, 2.45) is 0 Å². The third-order valence-corrected chi connectivity index (χ3v) is 8.16. The molecule has 6 aromatic carbocycles. The number of para-hydroxylation sites is 1. The first-order valence-electron chi connectivity index (χ1n) is 14.9. The van der Waals surface area contributed by atoms with Crippen LogP contribution in [-0.4, -0.2) is 19.5 Å².